The number of ether oxygens (including phenoxy) is 2. The van der Waals surface area contributed by atoms with E-state index in [1.165, 1.54) is 0 Å². The van der Waals surface area contributed by atoms with Crippen LogP contribution in [0, 0.1) is 0 Å². The number of rotatable bonds is 7. The lowest BCUT2D eigenvalue weighted by Gasteiger charge is -2.23. The minimum atomic E-state index is 0.0147. The maximum atomic E-state index is 12.1. The Labute approximate surface area is 148 Å². The number of nitrogens with one attached hydrogen (secondary N) is 2. The molecule has 1 heterocycles. The molecule has 0 aromatic heterocycles. The Kier molecular flexibility index (Phi) is 6.42. The largest absolute Gasteiger partial charge is 0.489 e. The molecule has 2 aromatic carbocycles. The number of hydrogen-bond acceptors (Lipinski definition) is 4. The van der Waals surface area contributed by atoms with E-state index in [2.05, 4.69) is 10.6 Å². The molecule has 3 rings (SSSR count). The predicted octanol–water partition coefficient (Wildman–Crippen LogP) is 2.26. The van der Waals surface area contributed by atoms with Crippen LogP contribution >= 0.6 is 0 Å². The predicted molar refractivity (Wildman–Crippen MR) is 96.3 cm³/mol. The van der Waals surface area contributed by atoms with E-state index in [1.807, 2.05) is 54.6 Å². The van der Waals surface area contributed by atoms with Gasteiger partial charge in [0.2, 0.25) is 5.91 Å². The molecule has 25 heavy (non-hydrogen) atoms. The quantitative estimate of drug-likeness (QED) is 0.812. The second-order valence-corrected chi connectivity index (χ2v) is 6.09. The number of para-hydroxylation sites is 1. The van der Waals surface area contributed by atoms with E-state index in [9.17, 15) is 4.79 Å². The van der Waals surface area contributed by atoms with Crippen molar-refractivity contribution in [2.45, 2.75) is 25.6 Å². The highest BCUT2D eigenvalue weighted by molar-refractivity contribution is 5.76. The Balaban J connectivity index is 1.51. The maximum Gasteiger partial charge on any atom is 0.221 e. The number of amides is 1. The van der Waals surface area contributed by atoms with Gasteiger partial charge in [-0.05, 0) is 11.6 Å². The van der Waals surface area contributed by atoms with E-state index < -0.39 is 0 Å². The maximum absolute atomic E-state index is 12.1. The fourth-order valence-corrected chi connectivity index (χ4v) is 2.77. The van der Waals surface area contributed by atoms with Crippen LogP contribution in [-0.2, 0) is 22.7 Å². The first-order chi connectivity index (χ1) is 12.3. The Hall–Kier alpha value is -2.37. The van der Waals surface area contributed by atoms with Gasteiger partial charge in [-0.2, -0.15) is 0 Å². The van der Waals surface area contributed by atoms with Gasteiger partial charge >= 0.3 is 0 Å². The molecule has 0 saturated carbocycles. The summed E-state index contributed by atoms with van der Waals surface area (Å²) >= 11 is 0. The molecule has 1 fully saturated rings. The molecule has 0 radical (unpaired) electrons. The summed E-state index contributed by atoms with van der Waals surface area (Å²) in [5.41, 5.74) is 2.09. The molecular weight excluding hydrogens is 316 g/mol. The van der Waals surface area contributed by atoms with E-state index in [4.69, 9.17) is 9.47 Å². The minimum absolute atomic E-state index is 0.0147. The molecule has 1 amide bonds. The Bertz CT molecular complexity index is 670. The standard InChI is InChI=1S/C20H24N2O3/c23-20(12-18-15-24-11-10-21-18)22-13-17-8-4-5-9-19(17)25-14-16-6-2-1-3-7-16/h1-9,18,21H,10-15H2,(H,22,23). The third-order valence-corrected chi connectivity index (χ3v) is 4.12. The first-order valence-electron chi connectivity index (χ1n) is 8.64. The van der Waals surface area contributed by atoms with Gasteiger partial charge in [-0.25, -0.2) is 0 Å². The zero-order chi connectivity index (χ0) is 17.3. The lowest BCUT2D eigenvalue weighted by Crippen LogP contribution is -2.44. The number of carbonyl (C=O) groups excluding carboxylic acids is 1. The van der Waals surface area contributed by atoms with Crippen LogP contribution in [0.1, 0.15) is 17.5 Å². The smallest absolute Gasteiger partial charge is 0.221 e. The van der Waals surface area contributed by atoms with Crippen molar-refractivity contribution in [2.24, 2.45) is 0 Å². The summed E-state index contributed by atoms with van der Waals surface area (Å²) in [5.74, 6) is 0.812. The third kappa shape index (κ3) is 5.59. The Morgan fingerprint density at radius 3 is 2.76 bits per heavy atom. The van der Waals surface area contributed by atoms with Gasteiger partial charge in [-0.15, -0.1) is 0 Å². The lowest BCUT2D eigenvalue weighted by molar-refractivity contribution is -0.122. The van der Waals surface area contributed by atoms with E-state index in [0.717, 1.165) is 23.4 Å². The van der Waals surface area contributed by atoms with Crippen molar-refractivity contribution >= 4 is 5.91 Å². The molecule has 0 bridgehead atoms. The summed E-state index contributed by atoms with van der Waals surface area (Å²) in [4.78, 5) is 12.1. The van der Waals surface area contributed by atoms with Crippen molar-refractivity contribution < 1.29 is 14.3 Å². The van der Waals surface area contributed by atoms with Crippen LogP contribution in [-0.4, -0.2) is 31.7 Å². The summed E-state index contributed by atoms with van der Waals surface area (Å²) in [6, 6.07) is 17.9. The summed E-state index contributed by atoms with van der Waals surface area (Å²) < 4.78 is 11.3. The van der Waals surface area contributed by atoms with Crippen molar-refractivity contribution in [3.8, 4) is 5.75 Å². The molecule has 1 atom stereocenters. The minimum Gasteiger partial charge on any atom is -0.489 e. The average molecular weight is 340 g/mol. The highest BCUT2D eigenvalue weighted by atomic mass is 16.5. The molecule has 2 aromatic rings. The van der Waals surface area contributed by atoms with E-state index in [-0.39, 0.29) is 11.9 Å². The molecule has 5 nitrogen and oxygen atoms in total. The first kappa shape index (κ1) is 17.5. The van der Waals surface area contributed by atoms with Gasteiger partial charge in [0, 0.05) is 31.1 Å². The second-order valence-electron chi connectivity index (χ2n) is 6.09. The van der Waals surface area contributed by atoms with Crippen molar-refractivity contribution in [1.82, 2.24) is 10.6 Å². The van der Waals surface area contributed by atoms with Crippen molar-refractivity contribution in [1.29, 1.82) is 0 Å². The average Bonchev–Trinajstić information content (AvgIpc) is 2.67. The molecule has 1 unspecified atom stereocenters. The Morgan fingerprint density at radius 2 is 1.96 bits per heavy atom. The van der Waals surface area contributed by atoms with Gasteiger partial charge in [-0.1, -0.05) is 48.5 Å². The van der Waals surface area contributed by atoms with Crippen LogP contribution in [0.4, 0.5) is 0 Å². The number of morpholine rings is 1. The molecule has 1 saturated heterocycles. The SMILES string of the molecule is O=C(CC1COCCN1)NCc1ccccc1OCc1ccccc1. The highest BCUT2D eigenvalue weighted by Crippen LogP contribution is 2.19. The van der Waals surface area contributed by atoms with Crippen LogP contribution in [0.3, 0.4) is 0 Å². The third-order valence-electron chi connectivity index (χ3n) is 4.12. The zero-order valence-corrected chi connectivity index (χ0v) is 14.2. The van der Waals surface area contributed by atoms with Crippen LogP contribution in [0.5, 0.6) is 5.75 Å². The van der Waals surface area contributed by atoms with Gasteiger partial charge in [0.1, 0.15) is 12.4 Å². The van der Waals surface area contributed by atoms with Crippen molar-refractivity contribution in [3.05, 3.63) is 65.7 Å². The number of benzene rings is 2. The first-order valence-corrected chi connectivity index (χ1v) is 8.64. The molecule has 5 heteroatoms. The van der Waals surface area contributed by atoms with Crippen LogP contribution < -0.4 is 15.4 Å². The van der Waals surface area contributed by atoms with Crippen molar-refractivity contribution in [3.63, 3.8) is 0 Å². The van der Waals surface area contributed by atoms with Crippen LogP contribution in [0.2, 0.25) is 0 Å². The molecule has 0 aliphatic carbocycles. The van der Waals surface area contributed by atoms with Gasteiger partial charge < -0.3 is 20.1 Å². The normalized spacial score (nSPS) is 17.0. The van der Waals surface area contributed by atoms with E-state index in [1.54, 1.807) is 0 Å². The van der Waals surface area contributed by atoms with Gasteiger partial charge in [-0.3, -0.25) is 4.79 Å². The number of hydrogen-bond donors (Lipinski definition) is 2. The molecular formula is C20H24N2O3. The highest BCUT2D eigenvalue weighted by Gasteiger charge is 2.16. The summed E-state index contributed by atoms with van der Waals surface area (Å²) in [6.07, 6.45) is 0.424. The molecule has 1 aliphatic rings. The van der Waals surface area contributed by atoms with Gasteiger partial charge in [0.25, 0.3) is 0 Å². The van der Waals surface area contributed by atoms with Gasteiger partial charge in [0.05, 0.1) is 13.2 Å². The van der Waals surface area contributed by atoms with E-state index in [0.29, 0.717) is 32.8 Å². The Morgan fingerprint density at radius 1 is 1.16 bits per heavy atom. The summed E-state index contributed by atoms with van der Waals surface area (Å²) in [5, 5.41) is 6.26. The summed E-state index contributed by atoms with van der Waals surface area (Å²) in [6.45, 7) is 3.06. The fourth-order valence-electron chi connectivity index (χ4n) is 2.77. The zero-order valence-electron chi connectivity index (χ0n) is 14.2. The van der Waals surface area contributed by atoms with E-state index >= 15 is 0 Å². The molecule has 1 aliphatic heterocycles. The molecule has 0 spiro atoms. The number of carbonyl (C=O) groups is 1. The van der Waals surface area contributed by atoms with Crippen molar-refractivity contribution in [2.75, 3.05) is 19.8 Å². The topological polar surface area (TPSA) is 59.6 Å². The molecule has 132 valence electrons. The molecule has 2 N–H and O–H groups in total. The summed E-state index contributed by atoms with van der Waals surface area (Å²) in [7, 11) is 0. The second kappa shape index (κ2) is 9.20. The monoisotopic (exact) mass is 340 g/mol. The van der Waals surface area contributed by atoms with Gasteiger partial charge in [0.15, 0.2) is 0 Å². The lowest BCUT2D eigenvalue weighted by atomic mass is 10.1. The fraction of sp³-hybridized carbons (Fsp3) is 0.350. The van der Waals surface area contributed by atoms with Crippen LogP contribution in [0.15, 0.2) is 54.6 Å². The van der Waals surface area contributed by atoms with Crippen LogP contribution in [0.25, 0.3) is 0 Å².